The number of nitrogens with zero attached hydrogens (tertiary/aromatic N) is 2. The maximum Gasteiger partial charge on any atom is 0.335 e. The number of piperidine rings is 1. The molecule has 0 radical (unpaired) electrons. The molecule has 1 aliphatic carbocycles. The lowest BCUT2D eigenvalue weighted by atomic mass is 9.82. The van der Waals surface area contributed by atoms with E-state index in [0.717, 1.165) is 51.7 Å². The van der Waals surface area contributed by atoms with E-state index in [0.29, 0.717) is 24.0 Å². The molecule has 1 unspecified atom stereocenters. The third-order valence-electron chi connectivity index (χ3n) is 9.29. The number of hydrogen-bond acceptors (Lipinski definition) is 5. The highest BCUT2D eigenvalue weighted by molar-refractivity contribution is 5.97. The molecule has 0 aromatic heterocycles. The number of likely N-dealkylation sites (tertiary alicyclic amines) is 1. The molecule has 1 saturated carbocycles. The van der Waals surface area contributed by atoms with Crippen LogP contribution in [0.25, 0.3) is 0 Å². The van der Waals surface area contributed by atoms with Crippen LogP contribution in [-0.4, -0.2) is 64.4 Å². The summed E-state index contributed by atoms with van der Waals surface area (Å²) in [5, 5.41) is 12.2. The summed E-state index contributed by atoms with van der Waals surface area (Å²) in [6.07, 6.45) is 10.6. The number of carbonyl (C=O) groups is 3. The highest BCUT2D eigenvalue weighted by Crippen LogP contribution is 2.32. The Morgan fingerprint density at radius 1 is 0.930 bits per heavy atom. The molecule has 2 heterocycles. The van der Waals surface area contributed by atoms with Crippen LogP contribution in [0.3, 0.4) is 0 Å². The monoisotopic (exact) mass is 611 g/mol. The van der Waals surface area contributed by atoms with Gasteiger partial charge in [-0.2, -0.15) is 0 Å². The van der Waals surface area contributed by atoms with Crippen molar-refractivity contribution in [3.05, 3.63) is 59.7 Å². The SMILES string of the molecule is CCCCN1C(=O)[C@H](CC2CCCCC2)NC(=O)C1C1CCN(Cc2ccc(Oc3ccc(C(=O)O)cc3)cc2)CC1.Cl. The van der Waals surface area contributed by atoms with Crippen molar-refractivity contribution >= 4 is 30.2 Å². The van der Waals surface area contributed by atoms with Crippen LogP contribution < -0.4 is 10.1 Å². The molecular formula is C34H46ClN3O5. The van der Waals surface area contributed by atoms with Gasteiger partial charge >= 0.3 is 5.97 Å². The first-order valence-corrected chi connectivity index (χ1v) is 15.8. The molecule has 3 fully saturated rings. The average Bonchev–Trinajstić information content (AvgIpc) is 3.00. The third-order valence-corrected chi connectivity index (χ3v) is 9.29. The van der Waals surface area contributed by atoms with Gasteiger partial charge in [0.15, 0.2) is 0 Å². The van der Waals surface area contributed by atoms with Crippen LogP contribution in [0.2, 0.25) is 0 Å². The first kappa shape index (κ1) is 32.8. The summed E-state index contributed by atoms with van der Waals surface area (Å²) in [5.74, 6) is 1.25. The molecule has 8 nitrogen and oxygen atoms in total. The predicted molar refractivity (Wildman–Crippen MR) is 169 cm³/mol. The molecule has 0 spiro atoms. The zero-order valence-electron chi connectivity index (χ0n) is 25.2. The Morgan fingerprint density at radius 2 is 1.56 bits per heavy atom. The number of nitrogens with one attached hydrogen (secondary N) is 1. The van der Waals surface area contributed by atoms with Gasteiger partial charge in [-0.25, -0.2) is 4.79 Å². The first-order chi connectivity index (χ1) is 20.4. The summed E-state index contributed by atoms with van der Waals surface area (Å²) < 4.78 is 5.87. The number of aromatic carboxylic acids is 1. The molecule has 2 atom stereocenters. The lowest BCUT2D eigenvalue weighted by molar-refractivity contribution is -0.153. The molecule has 2 amide bonds. The number of piperazine rings is 1. The van der Waals surface area contributed by atoms with Crippen molar-refractivity contribution in [1.82, 2.24) is 15.1 Å². The smallest absolute Gasteiger partial charge is 0.335 e. The number of hydrogen-bond donors (Lipinski definition) is 2. The van der Waals surface area contributed by atoms with Gasteiger partial charge in [0.05, 0.1) is 5.56 Å². The number of carboxylic acids is 1. The Hall–Kier alpha value is -3.10. The van der Waals surface area contributed by atoms with Gasteiger partial charge in [-0.1, -0.05) is 57.6 Å². The van der Waals surface area contributed by atoms with Crippen molar-refractivity contribution in [1.29, 1.82) is 0 Å². The Kier molecular flexibility index (Phi) is 11.9. The molecule has 234 valence electrons. The van der Waals surface area contributed by atoms with Crippen LogP contribution in [0.15, 0.2) is 48.5 Å². The average molecular weight is 612 g/mol. The van der Waals surface area contributed by atoms with Crippen molar-refractivity contribution in [2.24, 2.45) is 11.8 Å². The van der Waals surface area contributed by atoms with E-state index >= 15 is 0 Å². The highest BCUT2D eigenvalue weighted by atomic mass is 35.5. The molecule has 2 aromatic rings. The van der Waals surface area contributed by atoms with Gasteiger partial charge in [-0.05, 0) is 92.6 Å². The van der Waals surface area contributed by atoms with E-state index < -0.39 is 5.97 Å². The van der Waals surface area contributed by atoms with Crippen LogP contribution in [0.4, 0.5) is 0 Å². The lowest BCUT2D eigenvalue weighted by Gasteiger charge is -2.45. The fraction of sp³-hybridized carbons (Fsp3) is 0.559. The van der Waals surface area contributed by atoms with Gasteiger partial charge < -0.3 is 20.1 Å². The maximum absolute atomic E-state index is 13.7. The molecule has 2 aliphatic heterocycles. The number of rotatable bonds is 11. The van der Waals surface area contributed by atoms with Gasteiger partial charge in [0.25, 0.3) is 0 Å². The normalized spacial score (nSPS) is 22.1. The number of halogens is 1. The van der Waals surface area contributed by atoms with E-state index in [4.69, 9.17) is 9.84 Å². The molecule has 2 aromatic carbocycles. The summed E-state index contributed by atoms with van der Waals surface area (Å²) in [7, 11) is 0. The third kappa shape index (κ3) is 8.51. The lowest BCUT2D eigenvalue weighted by Crippen LogP contribution is -2.66. The minimum absolute atomic E-state index is 0. The Labute approximate surface area is 261 Å². The van der Waals surface area contributed by atoms with E-state index in [2.05, 4.69) is 29.3 Å². The standard InChI is InChI=1S/C34H45N3O5.ClH/c1-2-3-19-37-31(32(38)35-30(33(37)39)22-24-7-5-4-6-8-24)26-17-20-36(21-18-26)23-25-9-13-28(14-10-25)42-29-15-11-27(12-16-29)34(40)41;/h9-16,24,26,30-31H,2-8,17-23H2,1H3,(H,35,38)(H,40,41);1H/t30-,31?;/m0./s1. The number of carbonyl (C=O) groups excluding carboxylic acids is 2. The summed E-state index contributed by atoms with van der Waals surface area (Å²) in [5.41, 5.74) is 1.41. The van der Waals surface area contributed by atoms with E-state index in [1.54, 1.807) is 12.1 Å². The van der Waals surface area contributed by atoms with Crippen LogP contribution >= 0.6 is 12.4 Å². The van der Waals surface area contributed by atoms with Gasteiger partial charge in [0, 0.05) is 13.1 Å². The van der Waals surface area contributed by atoms with Crippen LogP contribution in [0.5, 0.6) is 11.5 Å². The summed E-state index contributed by atoms with van der Waals surface area (Å²) in [6, 6.07) is 13.6. The van der Waals surface area contributed by atoms with Gasteiger partial charge in [-0.3, -0.25) is 14.5 Å². The van der Waals surface area contributed by atoms with Crippen LogP contribution in [0.1, 0.15) is 87.1 Å². The van der Waals surface area contributed by atoms with Gasteiger partial charge in [-0.15, -0.1) is 12.4 Å². The highest BCUT2D eigenvalue weighted by Gasteiger charge is 2.45. The minimum Gasteiger partial charge on any atom is -0.478 e. The Morgan fingerprint density at radius 3 is 2.16 bits per heavy atom. The molecule has 2 N–H and O–H groups in total. The predicted octanol–water partition coefficient (Wildman–Crippen LogP) is 6.28. The molecule has 3 aliphatic rings. The number of carboxylic acid groups (broad SMARTS) is 1. The number of benzene rings is 2. The van der Waals surface area contributed by atoms with E-state index in [1.807, 2.05) is 17.0 Å². The first-order valence-electron chi connectivity index (χ1n) is 15.8. The van der Waals surface area contributed by atoms with Gasteiger partial charge in [0.1, 0.15) is 23.6 Å². The largest absolute Gasteiger partial charge is 0.478 e. The topological polar surface area (TPSA) is 99.2 Å². The number of amides is 2. The molecular weight excluding hydrogens is 566 g/mol. The van der Waals surface area contributed by atoms with Gasteiger partial charge in [0.2, 0.25) is 11.8 Å². The van der Waals surface area contributed by atoms with Crippen molar-refractivity contribution in [2.45, 2.75) is 89.8 Å². The van der Waals surface area contributed by atoms with E-state index in [1.165, 1.54) is 49.8 Å². The second-order valence-electron chi connectivity index (χ2n) is 12.3. The number of unbranched alkanes of at least 4 members (excludes halogenated alkanes) is 1. The molecule has 0 bridgehead atoms. The molecule has 2 saturated heterocycles. The van der Waals surface area contributed by atoms with E-state index in [9.17, 15) is 14.4 Å². The maximum atomic E-state index is 13.7. The second kappa shape index (κ2) is 15.6. The zero-order chi connectivity index (χ0) is 29.5. The van der Waals surface area contributed by atoms with Crippen molar-refractivity contribution in [2.75, 3.05) is 19.6 Å². The van der Waals surface area contributed by atoms with Crippen LogP contribution in [0, 0.1) is 11.8 Å². The summed E-state index contributed by atoms with van der Waals surface area (Å²) >= 11 is 0. The Bertz CT molecular complexity index is 1210. The number of ether oxygens (including phenoxy) is 1. The van der Waals surface area contributed by atoms with Crippen molar-refractivity contribution in [3.63, 3.8) is 0 Å². The summed E-state index contributed by atoms with van der Waals surface area (Å²) in [4.78, 5) is 42.6. The second-order valence-corrected chi connectivity index (χ2v) is 12.3. The van der Waals surface area contributed by atoms with E-state index in [-0.39, 0.29) is 47.8 Å². The molecule has 5 rings (SSSR count). The van der Waals surface area contributed by atoms with Crippen LogP contribution in [-0.2, 0) is 16.1 Å². The summed E-state index contributed by atoms with van der Waals surface area (Å²) in [6.45, 7) is 5.42. The molecule has 43 heavy (non-hydrogen) atoms. The quantitative estimate of drug-likeness (QED) is 0.310. The fourth-order valence-corrected chi connectivity index (χ4v) is 6.91. The minimum atomic E-state index is -0.960. The fourth-order valence-electron chi connectivity index (χ4n) is 6.91. The van der Waals surface area contributed by atoms with Crippen molar-refractivity contribution in [3.8, 4) is 11.5 Å². The zero-order valence-corrected chi connectivity index (χ0v) is 26.0. The Balaban J connectivity index is 0.00000423. The molecule has 9 heteroatoms. The van der Waals surface area contributed by atoms with Crippen molar-refractivity contribution < 1.29 is 24.2 Å².